The van der Waals surface area contributed by atoms with Gasteiger partial charge in [-0.3, -0.25) is 9.59 Å². The van der Waals surface area contributed by atoms with Crippen LogP contribution in [0, 0.1) is 11.8 Å². The van der Waals surface area contributed by atoms with Gasteiger partial charge in [0.2, 0.25) is 5.91 Å². The zero-order chi connectivity index (χ0) is 16.4. The Morgan fingerprint density at radius 2 is 2.17 bits per heavy atom. The van der Waals surface area contributed by atoms with Gasteiger partial charge in [0.1, 0.15) is 5.82 Å². The first kappa shape index (κ1) is 15.3. The van der Waals surface area contributed by atoms with E-state index in [-0.39, 0.29) is 17.7 Å². The van der Waals surface area contributed by atoms with Gasteiger partial charge < -0.3 is 15.2 Å². The van der Waals surface area contributed by atoms with E-state index in [2.05, 4.69) is 22.5 Å². The summed E-state index contributed by atoms with van der Waals surface area (Å²) < 4.78 is 1.85. The summed E-state index contributed by atoms with van der Waals surface area (Å²) in [6.07, 6.45) is 4.46. The lowest BCUT2D eigenvalue weighted by molar-refractivity contribution is -0.117. The Balaban J connectivity index is 1.61. The average Bonchev–Trinajstić information content (AvgIpc) is 3.13. The van der Waals surface area contributed by atoms with E-state index in [0.29, 0.717) is 23.7 Å². The van der Waals surface area contributed by atoms with E-state index >= 15 is 0 Å². The van der Waals surface area contributed by atoms with Crippen molar-refractivity contribution in [3.63, 3.8) is 0 Å². The summed E-state index contributed by atoms with van der Waals surface area (Å²) in [6, 6.07) is 6.98. The predicted molar refractivity (Wildman–Crippen MR) is 86.7 cm³/mol. The van der Waals surface area contributed by atoms with E-state index in [9.17, 15) is 9.59 Å². The van der Waals surface area contributed by atoms with Crippen LogP contribution in [0.2, 0.25) is 0 Å². The first-order valence-corrected chi connectivity index (χ1v) is 7.70. The molecule has 1 aromatic heterocycles. The van der Waals surface area contributed by atoms with E-state index in [4.69, 9.17) is 0 Å². The Morgan fingerprint density at radius 1 is 1.39 bits per heavy atom. The highest BCUT2D eigenvalue weighted by Crippen LogP contribution is 2.38. The lowest BCUT2D eigenvalue weighted by Gasteiger charge is -2.08. The van der Waals surface area contributed by atoms with Gasteiger partial charge in [0.15, 0.2) is 0 Å². The zero-order valence-corrected chi connectivity index (χ0v) is 13.2. The number of amides is 2. The van der Waals surface area contributed by atoms with Crippen molar-refractivity contribution in [3.05, 3.63) is 48.0 Å². The van der Waals surface area contributed by atoms with Crippen molar-refractivity contribution in [2.24, 2.45) is 18.9 Å². The van der Waals surface area contributed by atoms with Crippen LogP contribution in [0.1, 0.15) is 29.5 Å². The number of imidazole rings is 1. The molecule has 2 amide bonds. The highest BCUT2D eigenvalue weighted by Gasteiger charge is 2.39. The van der Waals surface area contributed by atoms with Crippen LogP contribution in [-0.2, 0) is 18.4 Å². The average molecular weight is 312 g/mol. The second-order valence-corrected chi connectivity index (χ2v) is 6.03. The van der Waals surface area contributed by atoms with Crippen molar-refractivity contribution in [2.45, 2.75) is 19.9 Å². The SMILES string of the molecule is C[C@@H]1C[C@@H]1C(=O)Nc1cccc(C(=O)NCc2nccn2C)c1. The van der Waals surface area contributed by atoms with E-state index in [1.54, 1.807) is 30.5 Å². The van der Waals surface area contributed by atoms with Gasteiger partial charge in [0, 0.05) is 36.6 Å². The van der Waals surface area contributed by atoms with Gasteiger partial charge in [0.25, 0.3) is 5.91 Å². The maximum absolute atomic E-state index is 12.2. The van der Waals surface area contributed by atoms with Crippen molar-refractivity contribution < 1.29 is 9.59 Å². The van der Waals surface area contributed by atoms with Crippen molar-refractivity contribution >= 4 is 17.5 Å². The fraction of sp³-hybridized carbons (Fsp3) is 0.353. The van der Waals surface area contributed by atoms with Gasteiger partial charge in [0.05, 0.1) is 6.54 Å². The second-order valence-electron chi connectivity index (χ2n) is 6.03. The van der Waals surface area contributed by atoms with E-state index in [1.807, 2.05) is 17.8 Å². The van der Waals surface area contributed by atoms with Gasteiger partial charge in [-0.1, -0.05) is 13.0 Å². The molecular weight excluding hydrogens is 292 g/mol. The van der Waals surface area contributed by atoms with E-state index < -0.39 is 0 Å². The summed E-state index contributed by atoms with van der Waals surface area (Å²) in [7, 11) is 1.88. The number of hydrogen-bond donors (Lipinski definition) is 2. The van der Waals surface area contributed by atoms with Crippen LogP contribution in [0.5, 0.6) is 0 Å². The standard InChI is InChI=1S/C17H20N4O2/c1-11-8-14(11)17(23)20-13-5-3-4-12(9-13)16(22)19-10-15-18-6-7-21(15)2/h3-7,9,11,14H,8,10H2,1-2H3,(H,19,22)(H,20,23)/t11-,14+/m1/s1. The molecule has 2 atom stereocenters. The lowest BCUT2D eigenvalue weighted by atomic mass is 10.2. The maximum Gasteiger partial charge on any atom is 0.251 e. The quantitative estimate of drug-likeness (QED) is 0.886. The van der Waals surface area contributed by atoms with Crippen molar-refractivity contribution in [1.29, 1.82) is 0 Å². The summed E-state index contributed by atoms with van der Waals surface area (Å²) in [4.78, 5) is 28.4. The number of anilines is 1. The van der Waals surface area contributed by atoms with Gasteiger partial charge >= 0.3 is 0 Å². The molecular formula is C17H20N4O2. The number of nitrogens with zero attached hydrogens (tertiary/aromatic N) is 2. The van der Waals surface area contributed by atoms with Crippen LogP contribution in [0.3, 0.4) is 0 Å². The molecule has 6 heteroatoms. The van der Waals surface area contributed by atoms with Crippen molar-refractivity contribution in [2.75, 3.05) is 5.32 Å². The minimum Gasteiger partial charge on any atom is -0.345 e. The Morgan fingerprint density at radius 3 is 2.83 bits per heavy atom. The maximum atomic E-state index is 12.2. The number of hydrogen-bond acceptors (Lipinski definition) is 3. The first-order valence-electron chi connectivity index (χ1n) is 7.70. The smallest absolute Gasteiger partial charge is 0.251 e. The third-order valence-electron chi connectivity index (χ3n) is 4.17. The summed E-state index contributed by atoms with van der Waals surface area (Å²) in [5.41, 5.74) is 1.17. The monoisotopic (exact) mass is 312 g/mol. The molecule has 1 fully saturated rings. The Labute approximate surface area is 134 Å². The summed E-state index contributed by atoms with van der Waals surface area (Å²) >= 11 is 0. The number of aryl methyl sites for hydroxylation is 1. The molecule has 0 unspecified atom stereocenters. The van der Waals surface area contributed by atoms with Crippen LogP contribution in [0.4, 0.5) is 5.69 Å². The highest BCUT2D eigenvalue weighted by atomic mass is 16.2. The molecule has 1 saturated carbocycles. The molecule has 1 heterocycles. The highest BCUT2D eigenvalue weighted by molar-refractivity contribution is 5.98. The minimum absolute atomic E-state index is 0.0306. The summed E-state index contributed by atoms with van der Waals surface area (Å²) in [6.45, 7) is 2.42. The van der Waals surface area contributed by atoms with Crippen molar-refractivity contribution in [3.8, 4) is 0 Å². The topological polar surface area (TPSA) is 76.0 Å². The van der Waals surface area contributed by atoms with Crippen molar-refractivity contribution in [1.82, 2.24) is 14.9 Å². The number of benzene rings is 1. The Kier molecular flexibility index (Phi) is 4.14. The molecule has 0 saturated heterocycles. The lowest BCUT2D eigenvalue weighted by Crippen LogP contribution is -2.24. The van der Waals surface area contributed by atoms with Crippen LogP contribution >= 0.6 is 0 Å². The molecule has 0 bridgehead atoms. The minimum atomic E-state index is -0.191. The molecule has 3 rings (SSSR count). The van der Waals surface area contributed by atoms with E-state index in [0.717, 1.165) is 12.2 Å². The second kappa shape index (κ2) is 6.24. The molecule has 1 aliphatic rings. The number of nitrogens with one attached hydrogen (secondary N) is 2. The van der Waals surface area contributed by atoms with Gasteiger partial charge in [-0.2, -0.15) is 0 Å². The number of carbonyl (C=O) groups is 2. The third kappa shape index (κ3) is 3.59. The van der Waals surface area contributed by atoms with Crippen LogP contribution in [-0.4, -0.2) is 21.4 Å². The largest absolute Gasteiger partial charge is 0.345 e. The van der Waals surface area contributed by atoms with Gasteiger partial charge in [-0.25, -0.2) is 4.98 Å². The molecule has 23 heavy (non-hydrogen) atoms. The van der Waals surface area contributed by atoms with Crippen LogP contribution in [0.15, 0.2) is 36.7 Å². The molecule has 6 nitrogen and oxygen atoms in total. The number of carbonyl (C=O) groups excluding carboxylic acids is 2. The molecule has 0 radical (unpaired) electrons. The number of aromatic nitrogens is 2. The Bertz CT molecular complexity index is 738. The normalized spacial score (nSPS) is 19.2. The van der Waals surface area contributed by atoms with E-state index in [1.165, 1.54) is 0 Å². The first-order chi connectivity index (χ1) is 11.0. The zero-order valence-electron chi connectivity index (χ0n) is 13.2. The molecule has 1 aliphatic carbocycles. The molecule has 120 valence electrons. The fourth-order valence-corrected chi connectivity index (χ4v) is 2.49. The van der Waals surface area contributed by atoms with Crippen LogP contribution in [0.25, 0.3) is 0 Å². The molecule has 2 aromatic rings. The molecule has 2 N–H and O–H groups in total. The third-order valence-corrected chi connectivity index (χ3v) is 4.17. The number of rotatable bonds is 5. The van der Waals surface area contributed by atoms with Gasteiger partial charge in [-0.15, -0.1) is 0 Å². The summed E-state index contributed by atoms with van der Waals surface area (Å²) in [5.74, 6) is 1.19. The predicted octanol–water partition coefficient (Wildman–Crippen LogP) is 1.94. The van der Waals surface area contributed by atoms with Crippen LogP contribution < -0.4 is 10.6 Å². The summed E-state index contributed by atoms with van der Waals surface area (Å²) in [5, 5.41) is 5.70. The molecule has 0 aliphatic heterocycles. The fourth-order valence-electron chi connectivity index (χ4n) is 2.49. The molecule has 1 aromatic carbocycles. The Hall–Kier alpha value is -2.63. The van der Waals surface area contributed by atoms with Gasteiger partial charge in [-0.05, 0) is 30.5 Å². The molecule has 0 spiro atoms.